The van der Waals surface area contributed by atoms with E-state index in [1.54, 1.807) is 12.1 Å². The number of imide groups is 1. The van der Waals surface area contributed by atoms with Crippen LogP contribution in [0.4, 0.5) is 0 Å². The van der Waals surface area contributed by atoms with E-state index in [1.807, 2.05) is 12.1 Å². The van der Waals surface area contributed by atoms with E-state index in [-0.39, 0.29) is 11.8 Å². The van der Waals surface area contributed by atoms with Gasteiger partial charge in [-0.2, -0.15) is 0 Å². The lowest BCUT2D eigenvalue weighted by molar-refractivity contribution is -0.0422. The molecule has 0 aromatic heterocycles. The van der Waals surface area contributed by atoms with E-state index < -0.39 is 0 Å². The molecule has 0 spiro atoms. The van der Waals surface area contributed by atoms with Crippen LogP contribution in [0.25, 0.3) is 0 Å². The fourth-order valence-electron chi connectivity index (χ4n) is 6.42. The fraction of sp³-hybridized carbons (Fsp3) is 0.600. The molecule has 0 saturated heterocycles. The quantitative estimate of drug-likeness (QED) is 0.568. The second-order valence-corrected chi connectivity index (χ2v) is 10.4. The van der Waals surface area contributed by atoms with E-state index in [4.69, 9.17) is 0 Å². The van der Waals surface area contributed by atoms with Crippen molar-refractivity contribution in [3.8, 4) is 0 Å². The van der Waals surface area contributed by atoms with Crippen LogP contribution in [0, 0.1) is 17.3 Å². The monoisotopic (exact) mass is 387 g/mol. The first-order valence-corrected chi connectivity index (χ1v) is 9.91. The molecule has 4 heteroatoms. The van der Waals surface area contributed by atoms with Crippen LogP contribution in [0.5, 0.6) is 0 Å². The van der Waals surface area contributed by atoms with Crippen molar-refractivity contribution in [2.75, 3.05) is 6.54 Å². The zero-order valence-electron chi connectivity index (χ0n) is 13.8. The molecule has 2 amide bonds. The maximum Gasteiger partial charge on any atom is 0.261 e. The largest absolute Gasteiger partial charge is 0.274 e. The van der Waals surface area contributed by atoms with Gasteiger partial charge in [-0.3, -0.25) is 14.5 Å². The van der Waals surface area contributed by atoms with Gasteiger partial charge in [-0.05, 0) is 74.3 Å². The topological polar surface area (TPSA) is 37.4 Å². The Bertz CT molecular complexity index is 694. The average Bonchev–Trinajstić information content (AvgIpc) is 2.75. The van der Waals surface area contributed by atoms with Gasteiger partial charge in [0.2, 0.25) is 0 Å². The highest BCUT2D eigenvalue weighted by Crippen LogP contribution is 2.65. The smallest absolute Gasteiger partial charge is 0.261 e. The van der Waals surface area contributed by atoms with Crippen molar-refractivity contribution in [3.63, 3.8) is 0 Å². The summed E-state index contributed by atoms with van der Waals surface area (Å²) in [4.78, 5) is 26.7. The van der Waals surface area contributed by atoms with E-state index in [1.165, 1.54) is 43.4 Å². The van der Waals surface area contributed by atoms with Gasteiger partial charge in [0.15, 0.2) is 0 Å². The van der Waals surface area contributed by atoms with E-state index in [0.717, 1.165) is 18.3 Å². The summed E-state index contributed by atoms with van der Waals surface area (Å²) in [7, 11) is 0. The summed E-state index contributed by atoms with van der Waals surface area (Å²) >= 11 is 4.05. The SMILES string of the molecule is O=C1c2ccccc2C(=O)N1CCC12C[C@H]3C[C@@H](CC(Br)(C3)C1)C2. The number of fused-ring (bicyclic) bond motifs is 1. The zero-order chi connectivity index (χ0) is 16.5. The lowest BCUT2D eigenvalue weighted by Gasteiger charge is -2.60. The molecule has 1 aromatic carbocycles. The molecule has 126 valence electrons. The minimum Gasteiger partial charge on any atom is -0.274 e. The van der Waals surface area contributed by atoms with E-state index in [0.29, 0.717) is 27.4 Å². The summed E-state index contributed by atoms with van der Waals surface area (Å²) in [6.45, 7) is 0.578. The highest BCUT2D eigenvalue weighted by molar-refractivity contribution is 9.10. The van der Waals surface area contributed by atoms with Crippen LogP contribution in [0.2, 0.25) is 0 Å². The number of alkyl halides is 1. The third-order valence-electron chi connectivity index (χ3n) is 6.85. The number of benzene rings is 1. The van der Waals surface area contributed by atoms with E-state index >= 15 is 0 Å². The number of nitrogens with zero attached hydrogens (tertiary/aromatic N) is 1. The van der Waals surface area contributed by atoms with E-state index in [2.05, 4.69) is 15.9 Å². The fourth-order valence-corrected chi connectivity index (χ4v) is 7.93. The summed E-state index contributed by atoms with van der Waals surface area (Å²) in [5, 5.41) is 0. The Kier molecular flexibility index (Phi) is 3.11. The van der Waals surface area contributed by atoms with Crippen LogP contribution in [-0.4, -0.2) is 27.6 Å². The molecule has 6 rings (SSSR count). The van der Waals surface area contributed by atoms with Crippen molar-refractivity contribution in [1.82, 2.24) is 4.90 Å². The number of halogens is 1. The Hall–Kier alpha value is -1.16. The molecule has 2 atom stereocenters. The molecular formula is C20H22BrNO2. The number of hydrogen-bond acceptors (Lipinski definition) is 2. The van der Waals surface area contributed by atoms with Crippen molar-refractivity contribution >= 4 is 27.7 Å². The van der Waals surface area contributed by atoms with Gasteiger partial charge in [0, 0.05) is 10.9 Å². The molecule has 1 heterocycles. The number of carbonyl (C=O) groups excluding carboxylic acids is 2. The molecule has 1 aliphatic heterocycles. The Morgan fingerprint density at radius 3 is 2.12 bits per heavy atom. The molecule has 5 aliphatic rings. The Morgan fingerprint density at radius 1 is 1.00 bits per heavy atom. The summed E-state index contributed by atoms with van der Waals surface area (Å²) in [5.41, 5.74) is 1.48. The number of amides is 2. The third kappa shape index (κ3) is 2.15. The van der Waals surface area contributed by atoms with Gasteiger partial charge in [-0.15, -0.1) is 0 Å². The van der Waals surface area contributed by atoms with Crippen LogP contribution in [0.15, 0.2) is 24.3 Å². The zero-order valence-corrected chi connectivity index (χ0v) is 15.3. The lowest BCUT2D eigenvalue weighted by atomic mass is 9.48. The maximum absolute atomic E-state index is 12.6. The van der Waals surface area contributed by atoms with Crippen molar-refractivity contribution in [2.45, 2.75) is 49.3 Å². The van der Waals surface area contributed by atoms with Crippen molar-refractivity contribution in [2.24, 2.45) is 17.3 Å². The number of hydrogen-bond donors (Lipinski definition) is 0. The normalized spacial score (nSPS) is 39.6. The Morgan fingerprint density at radius 2 is 1.58 bits per heavy atom. The van der Waals surface area contributed by atoms with Crippen molar-refractivity contribution < 1.29 is 9.59 Å². The minimum absolute atomic E-state index is 0.103. The predicted molar refractivity (Wildman–Crippen MR) is 95.2 cm³/mol. The second-order valence-electron chi connectivity index (χ2n) is 8.67. The van der Waals surface area contributed by atoms with Gasteiger partial charge >= 0.3 is 0 Å². The number of carbonyl (C=O) groups is 2. The first-order valence-electron chi connectivity index (χ1n) is 9.11. The molecule has 4 fully saturated rings. The lowest BCUT2D eigenvalue weighted by Crippen LogP contribution is -2.53. The first kappa shape index (κ1) is 15.1. The Labute approximate surface area is 150 Å². The van der Waals surface area contributed by atoms with Gasteiger partial charge in [0.25, 0.3) is 11.8 Å². The summed E-state index contributed by atoms with van der Waals surface area (Å²) < 4.78 is 0.332. The average molecular weight is 388 g/mol. The van der Waals surface area contributed by atoms with Crippen LogP contribution in [0.1, 0.15) is 65.7 Å². The molecule has 24 heavy (non-hydrogen) atoms. The highest BCUT2D eigenvalue weighted by atomic mass is 79.9. The molecule has 4 saturated carbocycles. The molecule has 0 radical (unpaired) electrons. The first-order chi connectivity index (χ1) is 11.5. The van der Waals surface area contributed by atoms with Gasteiger partial charge < -0.3 is 0 Å². The van der Waals surface area contributed by atoms with Crippen LogP contribution < -0.4 is 0 Å². The van der Waals surface area contributed by atoms with Crippen LogP contribution in [0.3, 0.4) is 0 Å². The van der Waals surface area contributed by atoms with Crippen LogP contribution in [-0.2, 0) is 0 Å². The van der Waals surface area contributed by atoms with Gasteiger partial charge in [0.1, 0.15) is 0 Å². The molecule has 0 unspecified atom stereocenters. The molecular weight excluding hydrogens is 366 g/mol. The summed E-state index contributed by atoms with van der Waals surface area (Å²) in [5.74, 6) is 1.48. The highest BCUT2D eigenvalue weighted by Gasteiger charge is 2.56. The predicted octanol–water partition coefficient (Wildman–Crippen LogP) is 4.41. The molecule has 1 aromatic rings. The van der Waals surface area contributed by atoms with Crippen molar-refractivity contribution in [3.05, 3.63) is 35.4 Å². The molecule has 4 aliphatic carbocycles. The standard InChI is InChI=1S/C20H22BrNO2/c21-20-10-13-7-14(11-20)9-19(8-13,12-20)5-6-22-17(23)15-3-1-2-4-16(15)18(22)24/h1-4,13-14H,5-12H2/t13-,14-,19?,20?/m1/s1. The van der Waals surface area contributed by atoms with Gasteiger partial charge in [-0.25, -0.2) is 0 Å². The molecule has 0 N–H and O–H groups in total. The molecule has 4 bridgehead atoms. The third-order valence-corrected chi connectivity index (χ3v) is 7.78. The Balaban J connectivity index is 1.36. The van der Waals surface area contributed by atoms with Gasteiger partial charge in [-0.1, -0.05) is 28.1 Å². The maximum atomic E-state index is 12.6. The summed E-state index contributed by atoms with van der Waals surface area (Å²) in [6, 6.07) is 7.21. The van der Waals surface area contributed by atoms with Crippen molar-refractivity contribution in [1.29, 1.82) is 0 Å². The summed E-state index contributed by atoms with van der Waals surface area (Å²) in [6.07, 6.45) is 8.80. The minimum atomic E-state index is -0.103. The van der Waals surface area contributed by atoms with Crippen LogP contribution >= 0.6 is 15.9 Å². The van der Waals surface area contributed by atoms with E-state index in [9.17, 15) is 9.59 Å². The molecule has 3 nitrogen and oxygen atoms in total. The van der Waals surface area contributed by atoms with Gasteiger partial charge in [0.05, 0.1) is 11.1 Å². The number of rotatable bonds is 3. The second kappa shape index (κ2) is 4.94.